The molecule has 1 aliphatic heterocycles. The topological polar surface area (TPSA) is 52.7 Å². The fourth-order valence-electron chi connectivity index (χ4n) is 3.68. The van der Waals surface area contributed by atoms with Gasteiger partial charge in [0.15, 0.2) is 0 Å². The predicted octanol–water partition coefficient (Wildman–Crippen LogP) is 3.24. The monoisotopic (exact) mass is 393 g/mol. The van der Waals surface area contributed by atoms with E-state index in [9.17, 15) is 9.59 Å². The normalized spacial score (nSPS) is 15.7. The van der Waals surface area contributed by atoms with Gasteiger partial charge in [-0.1, -0.05) is 61.4 Å². The van der Waals surface area contributed by atoms with E-state index in [4.69, 9.17) is 0 Å². The third-order valence-corrected chi connectivity index (χ3v) is 5.43. The van der Waals surface area contributed by atoms with Crippen molar-refractivity contribution in [1.82, 2.24) is 15.1 Å². The fraction of sp³-hybridized carbons (Fsp3) is 0.417. The molecule has 2 amide bonds. The molecule has 154 valence electrons. The summed E-state index contributed by atoms with van der Waals surface area (Å²) in [5.41, 5.74) is 3.00. The van der Waals surface area contributed by atoms with Gasteiger partial charge in [0.25, 0.3) is 5.91 Å². The number of rotatable bonds is 7. The highest BCUT2D eigenvalue weighted by Gasteiger charge is 2.28. The first-order valence-corrected chi connectivity index (χ1v) is 10.5. The Hall–Kier alpha value is -2.66. The quantitative estimate of drug-likeness (QED) is 0.786. The van der Waals surface area contributed by atoms with Crippen LogP contribution in [0, 0.1) is 6.92 Å². The molecular formula is C24H31N3O2. The van der Waals surface area contributed by atoms with Gasteiger partial charge < -0.3 is 10.2 Å². The van der Waals surface area contributed by atoms with Crippen molar-refractivity contribution in [2.45, 2.75) is 39.3 Å². The number of carbonyl (C=O) groups excluding carboxylic acids is 2. The molecule has 2 aromatic carbocycles. The van der Waals surface area contributed by atoms with E-state index in [-0.39, 0.29) is 11.8 Å². The van der Waals surface area contributed by atoms with E-state index < -0.39 is 6.04 Å². The van der Waals surface area contributed by atoms with Crippen LogP contribution in [-0.2, 0) is 11.3 Å². The van der Waals surface area contributed by atoms with Crippen molar-refractivity contribution < 1.29 is 9.59 Å². The minimum atomic E-state index is -0.463. The van der Waals surface area contributed by atoms with Crippen molar-refractivity contribution in [2.75, 3.05) is 26.2 Å². The molecule has 5 nitrogen and oxygen atoms in total. The highest BCUT2D eigenvalue weighted by atomic mass is 16.2. The second-order valence-corrected chi connectivity index (χ2v) is 7.77. The molecule has 1 aliphatic rings. The number of hydrogen-bond donors (Lipinski definition) is 1. The van der Waals surface area contributed by atoms with Gasteiger partial charge in [-0.25, -0.2) is 0 Å². The van der Waals surface area contributed by atoms with E-state index in [1.807, 2.05) is 36.9 Å². The first-order valence-electron chi connectivity index (χ1n) is 10.5. The Balaban J connectivity index is 1.55. The molecule has 0 radical (unpaired) electrons. The van der Waals surface area contributed by atoms with Gasteiger partial charge in [-0.15, -0.1) is 0 Å². The van der Waals surface area contributed by atoms with Gasteiger partial charge in [-0.05, 0) is 31.0 Å². The molecule has 0 saturated carbocycles. The van der Waals surface area contributed by atoms with Crippen LogP contribution in [0.15, 0.2) is 54.6 Å². The number of aryl methyl sites for hydroxylation is 1. The van der Waals surface area contributed by atoms with Crippen LogP contribution in [0.2, 0.25) is 0 Å². The van der Waals surface area contributed by atoms with Gasteiger partial charge in [-0.2, -0.15) is 0 Å². The fourth-order valence-corrected chi connectivity index (χ4v) is 3.68. The number of carbonyl (C=O) groups is 2. The van der Waals surface area contributed by atoms with Crippen LogP contribution in [0.5, 0.6) is 0 Å². The Kier molecular flexibility index (Phi) is 7.42. The summed E-state index contributed by atoms with van der Waals surface area (Å²) in [4.78, 5) is 29.9. The molecule has 0 aromatic heterocycles. The third kappa shape index (κ3) is 5.91. The molecule has 0 bridgehead atoms. The number of amides is 2. The van der Waals surface area contributed by atoms with E-state index in [2.05, 4.69) is 34.5 Å². The number of piperazine rings is 1. The van der Waals surface area contributed by atoms with Crippen LogP contribution in [0.4, 0.5) is 0 Å². The van der Waals surface area contributed by atoms with Gasteiger partial charge in [0.2, 0.25) is 5.91 Å². The second kappa shape index (κ2) is 10.2. The molecule has 5 heteroatoms. The SMILES string of the molecule is CCCC(NC(=O)c1ccc(C)cc1)C(=O)N1CCN(Cc2ccccc2)CC1. The molecule has 1 saturated heterocycles. The lowest BCUT2D eigenvalue weighted by atomic mass is 10.1. The lowest BCUT2D eigenvalue weighted by Crippen LogP contribution is -2.54. The second-order valence-electron chi connectivity index (χ2n) is 7.77. The first kappa shape index (κ1) is 21.1. The average Bonchev–Trinajstić information content (AvgIpc) is 2.74. The molecule has 1 fully saturated rings. The Bertz CT molecular complexity index is 797. The van der Waals surface area contributed by atoms with Crippen LogP contribution in [0.1, 0.15) is 41.3 Å². The molecule has 0 spiro atoms. The summed E-state index contributed by atoms with van der Waals surface area (Å²) in [6.45, 7) is 8.04. The van der Waals surface area contributed by atoms with Crippen molar-refractivity contribution >= 4 is 11.8 Å². The van der Waals surface area contributed by atoms with Crippen LogP contribution >= 0.6 is 0 Å². The van der Waals surface area contributed by atoms with E-state index in [0.29, 0.717) is 25.1 Å². The van der Waals surface area contributed by atoms with Gasteiger partial charge in [0.1, 0.15) is 6.04 Å². The minimum absolute atomic E-state index is 0.0340. The summed E-state index contributed by atoms with van der Waals surface area (Å²) in [7, 11) is 0. The highest BCUT2D eigenvalue weighted by molar-refractivity contribution is 5.97. The van der Waals surface area contributed by atoms with Crippen LogP contribution in [-0.4, -0.2) is 53.8 Å². The first-order chi connectivity index (χ1) is 14.1. The van der Waals surface area contributed by atoms with Crippen LogP contribution < -0.4 is 5.32 Å². The molecule has 0 aliphatic carbocycles. The summed E-state index contributed by atoms with van der Waals surface area (Å²) >= 11 is 0. The number of nitrogens with zero attached hydrogens (tertiary/aromatic N) is 2. The molecule has 1 unspecified atom stereocenters. The van der Waals surface area contributed by atoms with Gasteiger partial charge in [0.05, 0.1) is 0 Å². The summed E-state index contributed by atoms with van der Waals surface area (Å²) in [5.74, 6) is -0.147. The molecule has 1 atom stereocenters. The molecule has 1 heterocycles. The lowest BCUT2D eigenvalue weighted by Gasteiger charge is -2.36. The van der Waals surface area contributed by atoms with E-state index in [1.165, 1.54) is 5.56 Å². The molecule has 1 N–H and O–H groups in total. The van der Waals surface area contributed by atoms with Crippen molar-refractivity contribution in [2.24, 2.45) is 0 Å². The Morgan fingerprint density at radius 2 is 1.62 bits per heavy atom. The van der Waals surface area contributed by atoms with Crippen molar-refractivity contribution in [1.29, 1.82) is 0 Å². The van der Waals surface area contributed by atoms with Gasteiger partial charge in [0, 0.05) is 38.3 Å². The smallest absolute Gasteiger partial charge is 0.251 e. The summed E-state index contributed by atoms with van der Waals surface area (Å²) in [6.07, 6.45) is 1.50. The molecule has 29 heavy (non-hydrogen) atoms. The van der Waals surface area contributed by atoms with E-state index >= 15 is 0 Å². The largest absolute Gasteiger partial charge is 0.340 e. The zero-order valence-corrected chi connectivity index (χ0v) is 17.4. The minimum Gasteiger partial charge on any atom is -0.340 e. The van der Waals surface area contributed by atoms with Crippen molar-refractivity contribution in [3.05, 3.63) is 71.3 Å². The Morgan fingerprint density at radius 1 is 0.966 bits per heavy atom. The zero-order chi connectivity index (χ0) is 20.6. The molecule has 2 aromatic rings. The van der Waals surface area contributed by atoms with Crippen molar-refractivity contribution in [3.8, 4) is 0 Å². The Morgan fingerprint density at radius 3 is 2.24 bits per heavy atom. The lowest BCUT2D eigenvalue weighted by molar-refractivity contribution is -0.135. The molecular weight excluding hydrogens is 362 g/mol. The standard InChI is InChI=1S/C24H31N3O2/c1-3-7-22(25-23(28)21-12-10-19(2)11-13-21)24(29)27-16-14-26(15-17-27)18-20-8-5-4-6-9-20/h4-6,8-13,22H,3,7,14-18H2,1-2H3,(H,25,28). The van der Waals surface area contributed by atoms with Gasteiger partial charge in [-0.3, -0.25) is 14.5 Å². The average molecular weight is 394 g/mol. The van der Waals surface area contributed by atoms with Gasteiger partial charge >= 0.3 is 0 Å². The predicted molar refractivity (Wildman–Crippen MR) is 116 cm³/mol. The zero-order valence-electron chi connectivity index (χ0n) is 17.4. The summed E-state index contributed by atoms with van der Waals surface area (Å²) < 4.78 is 0. The van der Waals surface area contributed by atoms with Crippen molar-refractivity contribution in [3.63, 3.8) is 0 Å². The van der Waals surface area contributed by atoms with Crippen LogP contribution in [0.25, 0.3) is 0 Å². The van der Waals surface area contributed by atoms with Crippen LogP contribution in [0.3, 0.4) is 0 Å². The maximum Gasteiger partial charge on any atom is 0.251 e. The molecule has 3 rings (SSSR count). The Labute approximate surface area is 173 Å². The number of hydrogen-bond acceptors (Lipinski definition) is 3. The summed E-state index contributed by atoms with van der Waals surface area (Å²) in [6, 6.07) is 17.4. The number of benzene rings is 2. The van der Waals surface area contributed by atoms with E-state index in [1.54, 1.807) is 12.1 Å². The number of nitrogens with one attached hydrogen (secondary N) is 1. The van der Waals surface area contributed by atoms with E-state index in [0.717, 1.165) is 31.6 Å². The third-order valence-electron chi connectivity index (χ3n) is 5.43. The maximum atomic E-state index is 13.1. The highest BCUT2D eigenvalue weighted by Crippen LogP contribution is 2.12. The maximum absolute atomic E-state index is 13.1. The summed E-state index contributed by atoms with van der Waals surface area (Å²) in [5, 5.41) is 2.96.